The van der Waals surface area contributed by atoms with Crippen molar-refractivity contribution < 1.29 is 4.42 Å². The second kappa shape index (κ2) is 11.9. The van der Waals surface area contributed by atoms with Gasteiger partial charge < -0.3 is 4.42 Å². The molecule has 8 aromatic carbocycles. The van der Waals surface area contributed by atoms with Crippen LogP contribution in [0.4, 0.5) is 0 Å². The molecule has 4 nitrogen and oxygen atoms in total. The molecule has 0 N–H and O–H groups in total. The van der Waals surface area contributed by atoms with Crippen LogP contribution in [0.15, 0.2) is 180 Å². The number of benzene rings is 8. The van der Waals surface area contributed by atoms with E-state index in [9.17, 15) is 0 Å². The molecule has 10 aromatic rings. The lowest BCUT2D eigenvalue weighted by molar-refractivity contribution is 0.669. The molecule has 2 heterocycles. The minimum absolute atomic E-state index is 0.612. The molecule has 0 spiro atoms. The standard InChI is InChI=1S/C47H29N3O/c1-3-10-30(11-4-1)31-18-20-34(21-19-31)46-48-45(33-13-5-2-6-14-33)49-47(50-46)37-24-26-42-41(29-37)44-40-25-22-35(28-36(40)23-27-43(44)51-42)39-17-9-15-32-12-7-8-16-38(32)39/h1-29H. The molecule has 51 heavy (non-hydrogen) atoms. The zero-order valence-electron chi connectivity index (χ0n) is 27.5. The van der Waals surface area contributed by atoms with Gasteiger partial charge >= 0.3 is 0 Å². The monoisotopic (exact) mass is 651 g/mol. The summed E-state index contributed by atoms with van der Waals surface area (Å²) in [6.07, 6.45) is 0. The SMILES string of the molecule is c1ccc(-c2ccc(-c3nc(-c4ccccc4)nc(-c4ccc5oc6ccc7cc(-c8cccc9ccccc89)ccc7c6c5c4)n3)cc2)cc1. The number of rotatable bonds is 5. The first-order valence-corrected chi connectivity index (χ1v) is 17.1. The van der Waals surface area contributed by atoms with Gasteiger partial charge in [-0.15, -0.1) is 0 Å². The van der Waals surface area contributed by atoms with Crippen LogP contribution in [-0.2, 0) is 0 Å². The van der Waals surface area contributed by atoms with E-state index >= 15 is 0 Å². The Balaban J connectivity index is 1.11. The lowest BCUT2D eigenvalue weighted by atomic mass is 9.95. The van der Waals surface area contributed by atoms with Gasteiger partial charge in [0.25, 0.3) is 0 Å². The van der Waals surface area contributed by atoms with Crippen LogP contribution in [0.5, 0.6) is 0 Å². The Morgan fingerprint density at radius 3 is 1.67 bits per heavy atom. The van der Waals surface area contributed by atoms with Crippen molar-refractivity contribution in [1.29, 1.82) is 0 Å². The fourth-order valence-corrected chi connectivity index (χ4v) is 7.18. The molecular weight excluding hydrogens is 623 g/mol. The van der Waals surface area contributed by atoms with Gasteiger partial charge in [0.2, 0.25) is 0 Å². The van der Waals surface area contributed by atoms with Gasteiger partial charge in [0, 0.05) is 27.5 Å². The van der Waals surface area contributed by atoms with Crippen LogP contribution < -0.4 is 0 Å². The third kappa shape index (κ3) is 5.13. The van der Waals surface area contributed by atoms with E-state index in [1.807, 2.05) is 48.5 Å². The Kier molecular flexibility index (Phi) is 6.78. The molecule has 0 aliphatic heterocycles. The average Bonchev–Trinajstić information content (AvgIpc) is 3.59. The van der Waals surface area contributed by atoms with Crippen LogP contribution in [0.3, 0.4) is 0 Å². The van der Waals surface area contributed by atoms with Gasteiger partial charge in [0.05, 0.1) is 0 Å². The molecule has 0 aliphatic carbocycles. The van der Waals surface area contributed by atoms with E-state index in [-0.39, 0.29) is 0 Å². The van der Waals surface area contributed by atoms with Crippen molar-refractivity contribution in [3.8, 4) is 56.4 Å². The van der Waals surface area contributed by atoms with Crippen LogP contribution in [0.1, 0.15) is 0 Å². The Hall–Kier alpha value is -6.91. The van der Waals surface area contributed by atoms with Crippen LogP contribution in [0.25, 0.3) is 99.9 Å². The molecule has 0 atom stereocenters. The molecule has 0 amide bonds. The van der Waals surface area contributed by atoms with Crippen LogP contribution in [-0.4, -0.2) is 15.0 Å². The van der Waals surface area contributed by atoms with Gasteiger partial charge in [-0.2, -0.15) is 0 Å². The molecule has 0 unspecified atom stereocenters. The predicted octanol–water partition coefficient (Wildman–Crippen LogP) is 12.4. The van der Waals surface area contributed by atoms with Crippen LogP contribution >= 0.6 is 0 Å². The molecule has 0 aliphatic rings. The minimum atomic E-state index is 0.612. The molecule has 10 rings (SSSR count). The number of furan rings is 1. The first-order valence-electron chi connectivity index (χ1n) is 17.1. The maximum absolute atomic E-state index is 6.40. The second-order valence-corrected chi connectivity index (χ2v) is 12.8. The van der Waals surface area contributed by atoms with Gasteiger partial charge in [-0.25, -0.2) is 15.0 Å². The van der Waals surface area contributed by atoms with Crippen LogP contribution in [0.2, 0.25) is 0 Å². The van der Waals surface area contributed by atoms with Gasteiger partial charge in [0.15, 0.2) is 17.5 Å². The maximum Gasteiger partial charge on any atom is 0.164 e. The number of hydrogen-bond acceptors (Lipinski definition) is 4. The van der Waals surface area contributed by atoms with Crippen molar-refractivity contribution >= 4 is 43.5 Å². The van der Waals surface area contributed by atoms with E-state index in [4.69, 9.17) is 19.4 Å². The summed E-state index contributed by atoms with van der Waals surface area (Å²) in [5.74, 6) is 1.87. The maximum atomic E-state index is 6.40. The normalized spacial score (nSPS) is 11.5. The quantitative estimate of drug-likeness (QED) is 0.186. The molecule has 4 heteroatoms. The molecular formula is C47H29N3O. The fraction of sp³-hybridized carbons (Fsp3) is 0. The summed E-state index contributed by atoms with van der Waals surface area (Å²) in [7, 11) is 0. The molecule has 0 radical (unpaired) electrons. The summed E-state index contributed by atoms with van der Waals surface area (Å²) >= 11 is 0. The van der Waals surface area contributed by atoms with Gasteiger partial charge in [0.1, 0.15) is 11.2 Å². The molecule has 0 bridgehead atoms. The van der Waals surface area contributed by atoms with E-state index in [2.05, 4.69) is 127 Å². The van der Waals surface area contributed by atoms with Gasteiger partial charge in [-0.3, -0.25) is 0 Å². The van der Waals surface area contributed by atoms with E-state index in [1.54, 1.807) is 0 Å². The zero-order valence-corrected chi connectivity index (χ0v) is 27.5. The third-order valence-electron chi connectivity index (χ3n) is 9.73. The highest BCUT2D eigenvalue weighted by Crippen LogP contribution is 2.39. The molecule has 238 valence electrons. The lowest BCUT2D eigenvalue weighted by Crippen LogP contribution is -2.00. The summed E-state index contributed by atoms with van der Waals surface area (Å²) in [4.78, 5) is 15.0. The number of nitrogens with zero attached hydrogens (tertiary/aromatic N) is 3. The smallest absolute Gasteiger partial charge is 0.164 e. The van der Waals surface area contributed by atoms with Gasteiger partial charge in [-0.1, -0.05) is 146 Å². The topological polar surface area (TPSA) is 51.8 Å². The number of aromatic nitrogens is 3. The third-order valence-corrected chi connectivity index (χ3v) is 9.73. The Labute approximate surface area is 294 Å². The van der Waals surface area contributed by atoms with E-state index in [1.165, 1.54) is 27.5 Å². The minimum Gasteiger partial charge on any atom is -0.456 e. The van der Waals surface area contributed by atoms with E-state index < -0.39 is 0 Å². The highest BCUT2D eigenvalue weighted by atomic mass is 16.3. The van der Waals surface area contributed by atoms with Crippen molar-refractivity contribution in [3.05, 3.63) is 176 Å². The zero-order chi connectivity index (χ0) is 33.7. The van der Waals surface area contributed by atoms with Crippen molar-refractivity contribution in [2.75, 3.05) is 0 Å². The second-order valence-electron chi connectivity index (χ2n) is 12.8. The summed E-state index contributed by atoms with van der Waals surface area (Å²) in [6.45, 7) is 0. The first kappa shape index (κ1) is 29.0. The summed E-state index contributed by atoms with van der Waals surface area (Å²) in [5, 5.41) is 6.91. The Morgan fingerprint density at radius 2 is 0.882 bits per heavy atom. The number of hydrogen-bond donors (Lipinski definition) is 0. The molecule has 0 fully saturated rings. The lowest BCUT2D eigenvalue weighted by Gasteiger charge is -2.10. The highest BCUT2D eigenvalue weighted by Gasteiger charge is 2.17. The van der Waals surface area contributed by atoms with E-state index in [0.29, 0.717) is 17.5 Å². The highest BCUT2D eigenvalue weighted by molar-refractivity contribution is 6.20. The van der Waals surface area contributed by atoms with Crippen LogP contribution in [0, 0.1) is 0 Å². The summed E-state index contributed by atoms with van der Waals surface area (Å²) < 4.78 is 6.40. The van der Waals surface area contributed by atoms with Crippen molar-refractivity contribution in [2.24, 2.45) is 0 Å². The Morgan fingerprint density at radius 1 is 0.314 bits per heavy atom. The predicted molar refractivity (Wildman–Crippen MR) is 209 cm³/mol. The fourth-order valence-electron chi connectivity index (χ4n) is 7.18. The Bertz CT molecular complexity index is 2890. The molecule has 0 saturated heterocycles. The van der Waals surface area contributed by atoms with E-state index in [0.717, 1.165) is 55.0 Å². The molecule has 2 aromatic heterocycles. The molecule has 0 saturated carbocycles. The van der Waals surface area contributed by atoms with Crippen molar-refractivity contribution in [1.82, 2.24) is 15.0 Å². The average molecular weight is 652 g/mol. The largest absolute Gasteiger partial charge is 0.456 e. The van der Waals surface area contributed by atoms with Crippen molar-refractivity contribution in [3.63, 3.8) is 0 Å². The van der Waals surface area contributed by atoms with Gasteiger partial charge in [-0.05, 0) is 74.1 Å². The first-order chi connectivity index (χ1) is 25.2. The van der Waals surface area contributed by atoms with Crippen molar-refractivity contribution in [2.45, 2.75) is 0 Å². The number of fused-ring (bicyclic) bond motifs is 6. The summed E-state index contributed by atoms with van der Waals surface area (Å²) in [5.41, 5.74) is 9.18. The summed E-state index contributed by atoms with van der Waals surface area (Å²) in [6, 6.07) is 61.1.